The third kappa shape index (κ3) is 11.6. The van der Waals surface area contributed by atoms with Crippen LogP contribution in [0.15, 0.2) is 24.8 Å². The summed E-state index contributed by atoms with van der Waals surface area (Å²) in [6, 6.07) is 3.73. The molecule has 2 aliphatic rings. The van der Waals surface area contributed by atoms with Gasteiger partial charge in [0.05, 0.1) is 23.6 Å². The first-order valence-corrected chi connectivity index (χ1v) is 19.3. The van der Waals surface area contributed by atoms with Gasteiger partial charge in [-0.2, -0.15) is 26.3 Å². The molecule has 0 unspecified atom stereocenters. The van der Waals surface area contributed by atoms with Gasteiger partial charge in [-0.25, -0.2) is 24.7 Å². The number of thiophene rings is 2. The molecule has 2 fully saturated rings. The number of carbonyl (C=O) groups is 1. The molecule has 19 heteroatoms. The molecule has 4 aromatic heterocycles. The molecule has 4 atom stereocenters. The van der Waals surface area contributed by atoms with E-state index >= 15 is 0 Å². The zero-order valence-electron chi connectivity index (χ0n) is 30.8. The summed E-state index contributed by atoms with van der Waals surface area (Å²) in [5, 5.41) is 4.27. The van der Waals surface area contributed by atoms with Crippen LogP contribution in [0, 0.1) is 0 Å². The maximum atomic E-state index is 12.8. The molecule has 2 saturated carbocycles. The fourth-order valence-electron chi connectivity index (χ4n) is 7.10. The molecule has 0 saturated heterocycles. The summed E-state index contributed by atoms with van der Waals surface area (Å²) in [6.45, 7) is 10.9. The number of alkyl carbamates (subject to hydrolysis) is 1. The van der Waals surface area contributed by atoms with E-state index in [0.29, 0.717) is 38.8 Å². The molecule has 0 aromatic carbocycles. The lowest BCUT2D eigenvalue weighted by atomic mass is 10.2. The first-order chi connectivity index (χ1) is 24.8. The zero-order chi connectivity index (χ0) is 38.7. The largest absolute Gasteiger partial charge is 0.444 e. The van der Waals surface area contributed by atoms with Crippen LogP contribution in [-0.2, 0) is 17.6 Å². The van der Waals surface area contributed by atoms with E-state index in [1.54, 1.807) is 12.1 Å². The summed E-state index contributed by atoms with van der Waals surface area (Å²) >= 11 is 2.14. The molecule has 0 aliphatic heterocycles. The van der Waals surface area contributed by atoms with Crippen molar-refractivity contribution in [2.24, 2.45) is 5.73 Å². The number of fused-ring (bicyclic) bond motifs is 2. The molecule has 54 heavy (non-hydrogen) atoms. The van der Waals surface area contributed by atoms with Gasteiger partial charge >= 0.3 is 18.4 Å². The standard InChI is InChI=1S/C20H27F3N4O2S.C15H19F3N4S.ClH/c1-5-27(13-7-6-12(8-13)26-18(28)29-19(2,3)4)16-15-9-14(10-20(21,22)23)30-17(15)25-11-24-16;1-2-22(10-4-3-9(19)5-10)13-12-6-11(7-15(16,17)18)23-14(12)21-8-20-13;/h9,11-13H,5-8,10H2,1-4H3,(H,26,28);6,8-10H,2-5,7,19H2,1H3;1H/t12-,13+;9-,10+;/m00./s1. The van der Waals surface area contributed by atoms with Gasteiger partial charge in [-0.3, -0.25) is 0 Å². The lowest BCUT2D eigenvalue weighted by molar-refractivity contribution is -0.127. The molecular weight excluding hydrogens is 778 g/mol. The summed E-state index contributed by atoms with van der Waals surface area (Å²) in [5.74, 6) is 1.37. The van der Waals surface area contributed by atoms with Gasteiger partial charge in [-0.05, 0) is 85.3 Å². The molecule has 300 valence electrons. The van der Waals surface area contributed by atoms with Crippen LogP contribution >= 0.6 is 35.1 Å². The SMILES string of the molecule is CCN(c1ncnc2sc(CC(F)(F)F)cc12)[C@@H]1CC[C@H](N)C1.CCN(c1ncnc2sc(CC(F)(F)F)cc12)[C@@H]1CC[C@H](NC(=O)OC(C)(C)C)C1.Cl. The Hall–Kier alpha value is -3.22. The number of rotatable bonds is 9. The lowest BCUT2D eigenvalue weighted by Gasteiger charge is -2.29. The minimum Gasteiger partial charge on any atom is -0.444 e. The third-order valence-electron chi connectivity index (χ3n) is 9.15. The maximum absolute atomic E-state index is 12.8. The first kappa shape index (κ1) is 43.5. The summed E-state index contributed by atoms with van der Waals surface area (Å²) in [7, 11) is 0. The maximum Gasteiger partial charge on any atom is 0.407 e. The number of nitrogens with zero attached hydrogens (tertiary/aromatic N) is 6. The van der Waals surface area contributed by atoms with Crippen LogP contribution in [0.3, 0.4) is 0 Å². The number of halogens is 7. The highest BCUT2D eigenvalue weighted by Gasteiger charge is 2.34. The average molecular weight is 825 g/mol. The Labute approximate surface area is 324 Å². The highest BCUT2D eigenvalue weighted by molar-refractivity contribution is 7.19. The fraction of sp³-hybridized carbons (Fsp3) is 0.629. The number of ether oxygens (including phenoxy) is 1. The number of nitrogens with two attached hydrogens (primary N) is 1. The van der Waals surface area contributed by atoms with E-state index in [1.165, 1.54) is 12.7 Å². The molecule has 3 N–H and O–H groups in total. The van der Waals surface area contributed by atoms with Crippen molar-refractivity contribution < 1.29 is 35.9 Å². The van der Waals surface area contributed by atoms with Gasteiger partial charge in [0.15, 0.2) is 0 Å². The quantitative estimate of drug-likeness (QED) is 0.159. The number of hydrogen-bond acceptors (Lipinski definition) is 11. The molecular formula is C35H47ClF6N8O2S2. The predicted octanol–water partition coefficient (Wildman–Crippen LogP) is 8.99. The van der Waals surface area contributed by atoms with Crippen LogP contribution in [0.5, 0.6) is 0 Å². The minimum absolute atomic E-state index is 0. The van der Waals surface area contributed by atoms with Crippen molar-refractivity contribution in [1.29, 1.82) is 0 Å². The molecule has 6 rings (SSSR count). The Balaban J connectivity index is 0.000000244. The molecule has 0 spiro atoms. The van der Waals surface area contributed by atoms with Gasteiger partial charge in [0, 0.05) is 47.0 Å². The number of hydrogen-bond donors (Lipinski definition) is 2. The smallest absolute Gasteiger partial charge is 0.407 e. The monoisotopic (exact) mass is 824 g/mol. The topological polar surface area (TPSA) is 122 Å². The fourth-order valence-corrected chi connectivity index (χ4v) is 9.14. The predicted molar refractivity (Wildman–Crippen MR) is 204 cm³/mol. The van der Waals surface area contributed by atoms with Crippen molar-refractivity contribution in [3.63, 3.8) is 0 Å². The van der Waals surface area contributed by atoms with Crippen LogP contribution in [-0.4, -0.2) is 81.2 Å². The number of amides is 1. The summed E-state index contributed by atoms with van der Waals surface area (Å²) in [4.78, 5) is 35.0. The van der Waals surface area contributed by atoms with E-state index in [1.807, 2.05) is 34.6 Å². The van der Waals surface area contributed by atoms with E-state index in [2.05, 4.69) is 35.1 Å². The zero-order valence-corrected chi connectivity index (χ0v) is 33.2. The van der Waals surface area contributed by atoms with Crippen LogP contribution < -0.4 is 20.9 Å². The van der Waals surface area contributed by atoms with Crippen LogP contribution in [0.2, 0.25) is 0 Å². The first-order valence-electron chi connectivity index (χ1n) is 17.7. The van der Waals surface area contributed by atoms with Crippen molar-refractivity contribution >= 4 is 73.2 Å². The third-order valence-corrected chi connectivity index (χ3v) is 11.2. The number of carbonyl (C=O) groups excluding carboxylic acids is 1. The molecule has 0 radical (unpaired) electrons. The van der Waals surface area contributed by atoms with Gasteiger partial charge in [0.2, 0.25) is 0 Å². The summed E-state index contributed by atoms with van der Waals surface area (Å²) < 4.78 is 81.6. The van der Waals surface area contributed by atoms with Crippen molar-refractivity contribution in [1.82, 2.24) is 25.3 Å². The van der Waals surface area contributed by atoms with Gasteiger partial charge in [0.25, 0.3) is 0 Å². The number of nitrogens with one attached hydrogen (secondary N) is 1. The number of alkyl halides is 6. The van der Waals surface area contributed by atoms with Crippen molar-refractivity contribution in [2.45, 2.75) is 128 Å². The molecule has 4 heterocycles. The Kier molecular flexibility index (Phi) is 14.3. The Bertz CT molecular complexity index is 1850. The highest BCUT2D eigenvalue weighted by Crippen LogP contribution is 2.38. The van der Waals surface area contributed by atoms with Crippen molar-refractivity contribution in [2.75, 3.05) is 22.9 Å². The van der Waals surface area contributed by atoms with Gasteiger partial charge in [0.1, 0.15) is 39.6 Å². The van der Waals surface area contributed by atoms with E-state index in [9.17, 15) is 31.1 Å². The average Bonchev–Trinajstić information content (AvgIpc) is 3.83. The Morgan fingerprint density at radius 1 is 0.796 bits per heavy atom. The van der Waals surface area contributed by atoms with Crippen LogP contribution in [0.25, 0.3) is 20.4 Å². The molecule has 0 bridgehead atoms. The van der Waals surface area contributed by atoms with Gasteiger partial charge in [-0.1, -0.05) is 0 Å². The Morgan fingerprint density at radius 2 is 1.26 bits per heavy atom. The molecule has 4 aromatic rings. The number of aromatic nitrogens is 4. The Morgan fingerprint density at radius 3 is 1.67 bits per heavy atom. The minimum atomic E-state index is -4.26. The van der Waals surface area contributed by atoms with E-state index in [0.717, 1.165) is 73.6 Å². The van der Waals surface area contributed by atoms with Crippen molar-refractivity contribution in [3.05, 3.63) is 34.5 Å². The van der Waals surface area contributed by atoms with Gasteiger partial charge in [-0.15, -0.1) is 35.1 Å². The van der Waals surface area contributed by atoms with E-state index in [-0.39, 0.29) is 40.3 Å². The molecule has 1 amide bonds. The van der Waals surface area contributed by atoms with Crippen molar-refractivity contribution in [3.8, 4) is 0 Å². The second-order valence-electron chi connectivity index (χ2n) is 14.5. The molecule has 2 aliphatic carbocycles. The van der Waals surface area contributed by atoms with E-state index in [4.69, 9.17) is 10.5 Å². The summed E-state index contributed by atoms with van der Waals surface area (Å²) in [5.41, 5.74) is 5.44. The highest BCUT2D eigenvalue weighted by atomic mass is 35.5. The van der Waals surface area contributed by atoms with E-state index < -0.39 is 36.9 Å². The second-order valence-corrected chi connectivity index (χ2v) is 16.7. The lowest BCUT2D eigenvalue weighted by Crippen LogP contribution is -2.40. The molecule has 10 nitrogen and oxygen atoms in total. The van der Waals surface area contributed by atoms with Crippen LogP contribution in [0.1, 0.15) is 82.9 Å². The number of anilines is 2. The summed E-state index contributed by atoms with van der Waals surface area (Å²) in [6.07, 6.45) is -2.74. The van der Waals surface area contributed by atoms with Crippen LogP contribution in [0.4, 0.5) is 42.8 Å². The normalized spacial score (nSPS) is 20.4. The van der Waals surface area contributed by atoms with Gasteiger partial charge < -0.3 is 25.6 Å². The second kappa shape index (κ2) is 17.7.